The van der Waals surface area contributed by atoms with Gasteiger partial charge in [-0.1, -0.05) is 0 Å². The van der Waals surface area contributed by atoms with Crippen molar-refractivity contribution in [3.8, 4) is 6.07 Å². The monoisotopic (exact) mass is 312 g/mol. The van der Waals surface area contributed by atoms with E-state index in [0.29, 0.717) is 0 Å². The van der Waals surface area contributed by atoms with Gasteiger partial charge in [0, 0.05) is 6.20 Å². The Morgan fingerprint density at radius 3 is 3.10 bits per heavy atom. The van der Waals surface area contributed by atoms with Crippen molar-refractivity contribution in [3.05, 3.63) is 22.7 Å². The predicted molar refractivity (Wildman–Crippen MR) is 69.8 cm³/mol. The average molecular weight is 312 g/mol. The van der Waals surface area contributed by atoms with Gasteiger partial charge in [0.1, 0.15) is 29.9 Å². The van der Waals surface area contributed by atoms with Crippen molar-refractivity contribution in [1.29, 1.82) is 5.26 Å². The summed E-state index contributed by atoms with van der Waals surface area (Å²) in [5.41, 5.74) is 4.83. The summed E-state index contributed by atoms with van der Waals surface area (Å²) >= 11 is -1.56. The molecule has 0 spiro atoms. The highest BCUT2D eigenvalue weighted by atomic mass is 32.2. The molecule has 2 saturated heterocycles. The molecule has 0 amide bonds. The van der Waals surface area contributed by atoms with Crippen molar-refractivity contribution in [2.45, 2.75) is 18.4 Å². The van der Waals surface area contributed by atoms with E-state index in [9.17, 15) is 14.3 Å². The van der Waals surface area contributed by atoms with E-state index in [1.54, 1.807) is 0 Å². The van der Waals surface area contributed by atoms with Crippen LogP contribution in [0.4, 0.5) is 5.82 Å². The van der Waals surface area contributed by atoms with E-state index in [-0.39, 0.29) is 18.4 Å². The maximum atomic E-state index is 11.9. The number of anilines is 1. The molecule has 1 aromatic rings. The molecule has 2 aliphatic rings. The number of hydrogen-bond donors (Lipinski definition) is 1. The second-order valence-electron chi connectivity index (χ2n) is 4.60. The van der Waals surface area contributed by atoms with Crippen LogP contribution in [0.2, 0.25) is 0 Å². The maximum Gasteiger partial charge on any atom is 0.351 e. The number of rotatable bonds is 1. The zero-order chi connectivity index (χ0) is 15.0. The van der Waals surface area contributed by atoms with E-state index in [1.165, 1.54) is 16.8 Å². The molecule has 2 aliphatic heterocycles. The number of hydrogen-bond acceptors (Lipinski definition) is 8. The Hall–Kier alpha value is -1.80. The molecule has 112 valence electrons. The highest BCUT2D eigenvalue weighted by Crippen LogP contribution is 2.36. The highest BCUT2D eigenvalue weighted by molar-refractivity contribution is 7.80. The van der Waals surface area contributed by atoms with Gasteiger partial charge in [0.25, 0.3) is 0 Å². The molecule has 2 N–H and O–H groups in total. The van der Waals surface area contributed by atoms with Gasteiger partial charge in [-0.05, 0) is 6.07 Å². The number of aromatic nitrogens is 2. The molecule has 9 nitrogen and oxygen atoms in total. The van der Waals surface area contributed by atoms with Crippen molar-refractivity contribution in [1.82, 2.24) is 9.55 Å². The van der Waals surface area contributed by atoms with E-state index in [1.807, 2.05) is 0 Å². The minimum atomic E-state index is -1.56. The molecule has 5 atom stereocenters. The Bertz CT molecular complexity index is 671. The van der Waals surface area contributed by atoms with Crippen molar-refractivity contribution in [2.24, 2.45) is 5.92 Å². The van der Waals surface area contributed by atoms with Crippen LogP contribution in [0.5, 0.6) is 0 Å². The minimum absolute atomic E-state index is 0.0309. The fourth-order valence-electron chi connectivity index (χ4n) is 2.39. The Morgan fingerprint density at radius 1 is 1.57 bits per heavy atom. The highest BCUT2D eigenvalue weighted by Gasteiger charge is 2.48. The standard InChI is InChI=1S/C11H12N4O5S/c12-3-6-9-7(4-19-21(17)5-18-9)20-10(6)15-2-1-8(13)14-11(15)16/h1-2,6-7,9-10H,4-5H2,(H2,13,14,16)/t6-,7+,9-,10+,21?/m0/s1. The van der Waals surface area contributed by atoms with Crippen molar-refractivity contribution in [3.63, 3.8) is 0 Å². The number of nitrogens with two attached hydrogens (primary N) is 1. The molecular formula is C11H12N4O5S. The summed E-state index contributed by atoms with van der Waals surface area (Å²) in [5, 5.41) is 9.35. The summed E-state index contributed by atoms with van der Waals surface area (Å²) in [5.74, 6) is -0.784. The Labute approximate surface area is 121 Å². The number of nitrogen functional groups attached to an aromatic ring is 1. The first-order chi connectivity index (χ1) is 10.1. The van der Waals surface area contributed by atoms with E-state index in [4.69, 9.17) is 19.4 Å². The second kappa shape index (κ2) is 5.53. The van der Waals surface area contributed by atoms with Crippen molar-refractivity contribution >= 4 is 16.9 Å². The number of ether oxygens (including phenoxy) is 2. The van der Waals surface area contributed by atoms with Crippen molar-refractivity contribution in [2.75, 3.05) is 18.3 Å². The number of nitrogens with zero attached hydrogens (tertiary/aromatic N) is 3. The molecule has 1 unspecified atom stereocenters. The fraction of sp³-hybridized carbons (Fsp3) is 0.545. The fourth-order valence-corrected chi connectivity index (χ4v) is 3.01. The first-order valence-electron chi connectivity index (χ1n) is 6.13. The quantitative estimate of drug-likeness (QED) is 0.691. The van der Waals surface area contributed by atoms with Gasteiger partial charge in [-0.25, -0.2) is 9.00 Å². The van der Waals surface area contributed by atoms with Gasteiger partial charge in [0.2, 0.25) is 0 Å². The molecule has 0 bridgehead atoms. The molecule has 3 heterocycles. The molecular weight excluding hydrogens is 300 g/mol. The van der Waals surface area contributed by atoms with Crippen LogP contribution in [0.3, 0.4) is 0 Å². The third-order valence-corrected chi connectivity index (χ3v) is 4.06. The Balaban J connectivity index is 1.93. The van der Waals surface area contributed by atoms with Crippen molar-refractivity contribution < 1.29 is 17.9 Å². The van der Waals surface area contributed by atoms with Crippen LogP contribution in [0, 0.1) is 17.2 Å². The smallest absolute Gasteiger partial charge is 0.351 e. The molecule has 3 rings (SSSR count). The van der Waals surface area contributed by atoms with E-state index >= 15 is 0 Å². The van der Waals surface area contributed by atoms with Gasteiger partial charge < -0.3 is 15.2 Å². The third kappa shape index (κ3) is 2.56. The summed E-state index contributed by atoms with van der Waals surface area (Å²) in [4.78, 5) is 15.5. The van der Waals surface area contributed by atoms with Crippen LogP contribution in [0.15, 0.2) is 17.1 Å². The molecule has 1 aromatic heterocycles. The molecule has 0 aliphatic carbocycles. The summed E-state index contributed by atoms with van der Waals surface area (Å²) in [6, 6.07) is 3.52. The second-order valence-corrected chi connectivity index (χ2v) is 5.68. The van der Waals surface area contributed by atoms with Crippen LogP contribution in [0.1, 0.15) is 6.23 Å². The lowest BCUT2D eigenvalue weighted by molar-refractivity contribution is -0.0415. The number of nitriles is 1. The van der Waals surface area contributed by atoms with Gasteiger partial charge in [-0.3, -0.25) is 8.75 Å². The van der Waals surface area contributed by atoms with Crippen LogP contribution in [0.25, 0.3) is 0 Å². The zero-order valence-corrected chi connectivity index (χ0v) is 11.6. The molecule has 0 saturated carbocycles. The lowest BCUT2D eigenvalue weighted by Crippen LogP contribution is -2.32. The predicted octanol–water partition coefficient (Wildman–Crippen LogP) is -1.10. The average Bonchev–Trinajstić information content (AvgIpc) is 2.70. The molecule has 2 fully saturated rings. The summed E-state index contributed by atoms with van der Waals surface area (Å²) in [6.45, 7) is 0.0309. The first kappa shape index (κ1) is 14.2. The van der Waals surface area contributed by atoms with Crippen LogP contribution in [-0.2, 0) is 24.7 Å². The third-order valence-electron chi connectivity index (χ3n) is 3.34. The van der Waals surface area contributed by atoms with Gasteiger partial charge in [0.05, 0.1) is 12.7 Å². The van der Waals surface area contributed by atoms with Gasteiger partial charge >= 0.3 is 5.69 Å². The summed E-state index contributed by atoms with van der Waals surface area (Å²) in [6.07, 6.45) is -0.614. The minimum Gasteiger partial charge on any atom is -0.383 e. The SMILES string of the molecule is N#C[C@H]1[C@@H]2OCS(=O)OC[C@H]2O[C@H]1n1ccc(N)nc1=O. The lowest BCUT2D eigenvalue weighted by Gasteiger charge is -2.17. The normalized spacial score (nSPS) is 35.7. The van der Waals surface area contributed by atoms with E-state index in [0.717, 1.165) is 0 Å². The molecule has 10 heteroatoms. The van der Waals surface area contributed by atoms with Crippen LogP contribution < -0.4 is 11.4 Å². The van der Waals surface area contributed by atoms with E-state index < -0.39 is 41.1 Å². The van der Waals surface area contributed by atoms with Gasteiger partial charge in [0.15, 0.2) is 17.3 Å². The van der Waals surface area contributed by atoms with Crippen LogP contribution >= 0.6 is 0 Å². The summed E-state index contributed by atoms with van der Waals surface area (Å²) in [7, 11) is 0. The van der Waals surface area contributed by atoms with Gasteiger partial charge in [-0.2, -0.15) is 10.2 Å². The molecule has 21 heavy (non-hydrogen) atoms. The topological polar surface area (TPSA) is 129 Å². The lowest BCUT2D eigenvalue weighted by atomic mass is 10.0. The van der Waals surface area contributed by atoms with Crippen LogP contribution in [-0.4, -0.2) is 38.5 Å². The van der Waals surface area contributed by atoms with E-state index in [2.05, 4.69) is 11.1 Å². The molecule has 0 radical (unpaired) electrons. The Morgan fingerprint density at radius 2 is 2.38 bits per heavy atom. The Kier molecular flexibility index (Phi) is 3.73. The largest absolute Gasteiger partial charge is 0.383 e. The number of fused-ring (bicyclic) bond motifs is 1. The maximum absolute atomic E-state index is 11.9. The summed E-state index contributed by atoms with van der Waals surface area (Å²) < 4.78 is 28.6. The van der Waals surface area contributed by atoms with Gasteiger partial charge in [-0.15, -0.1) is 0 Å². The molecule has 0 aromatic carbocycles. The first-order valence-corrected chi connectivity index (χ1v) is 7.37. The zero-order valence-electron chi connectivity index (χ0n) is 10.7.